The van der Waals surface area contributed by atoms with Crippen LogP contribution in [0.15, 0.2) is 101 Å². The Morgan fingerprint density at radius 3 is 2.62 bits per heavy atom. The monoisotopic (exact) mass is 534 g/mol. The molecule has 3 heterocycles. The molecule has 1 amide bonds. The number of nitrogens with one attached hydrogen (secondary N) is 2. The lowest BCUT2D eigenvalue weighted by atomic mass is 9.94. The van der Waals surface area contributed by atoms with Crippen molar-refractivity contribution in [2.45, 2.75) is 38.5 Å². The zero-order chi connectivity index (χ0) is 26.9. The lowest BCUT2D eigenvalue weighted by Gasteiger charge is -2.28. The van der Waals surface area contributed by atoms with Gasteiger partial charge in [0.1, 0.15) is 6.04 Å². The molecule has 0 radical (unpaired) electrons. The van der Waals surface area contributed by atoms with Crippen LogP contribution in [0.3, 0.4) is 0 Å². The summed E-state index contributed by atoms with van der Waals surface area (Å²) >= 11 is 1.58. The molecule has 2 aromatic heterocycles. The van der Waals surface area contributed by atoms with Gasteiger partial charge in [-0.25, -0.2) is 4.68 Å². The van der Waals surface area contributed by atoms with Gasteiger partial charge in [0.15, 0.2) is 0 Å². The number of anilines is 2. The Balaban J connectivity index is 1.50. The quantitative estimate of drug-likeness (QED) is 0.229. The number of aromatic nitrogens is 4. The van der Waals surface area contributed by atoms with Crippen molar-refractivity contribution >= 4 is 40.2 Å². The number of nitrogens with zero attached hydrogens (tertiary/aromatic N) is 4. The molecule has 0 spiro atoms. The van der Waals surface area contributed by atoms with E-state index in [1.807, 2.05) is 54.9 Å². The Kier molecular flexibility index (Phi) is 6.70. The number of hydrogen-bond acceptors (Lipinski definition) is 5. The predicted octanol–water partition coefficient (Wildman–Crippen LogP) is 6.63. The second-order valence-corrected chi connectivity index (χ2v) is 10.9. The minimum absolute atomic E-state index is 0.165. The Hall–Kier alpha value is -4.30. The number of thioether (sulfide) groups is 1. The van der Waals surface area contributed by atoms with E-state index in [1.165, 1.54) is 5.56 Å². The van der Waals surface area contributed by atoms with Gasteiger partial charge in [0.25, 0.3) is 5.91 Å². The first-order valence-corrected chi connectivity index (χ1v) is 14.1. The molecular formula is C31H30N6OS. The maximum atomic E-state index is 14.0. The third kappa shape index (κ3) is 4.83. The average Bonchev–Trinajstić information content (AvgIpc) is 3.49. The summed E-state index contributed by atoms with van der Waals surface area (Å²) in [5.74, 6) is 1.33. The number of carbonyl (C=O) groups excluding carboxylic acids is 1. The maximum absolute atomic E-state index is 14.0. The Bertz CT molecular complexity index is 1700. The van der Waals surface area contributed by atoms with Crippen molar-refractivity contribution in [1.29, 1.82) is 0 Å². The molecule has 1 aliphatic heterocycles. The number of benzene rings is 3. The summed E-state index contributed by atoms with van der Waals surface area (Å²) in [6.07, 6.45) is 2.17. The van der Waals surface area contributed by atoms with Crippen molar-refractivity contribution in [1.82, 2.24) is 19.3 Å². The summed E-state index contributed by atoms with van der Waals surface area (Å²) in [4.78, 5) is 18.7. The molecule has 39 heavy (non-hydrogen) atoms. The topological polar surface area (TPSA) is 76.8 Å². The van der Waals surface area contributed by atoms with Gasteiger partial charge in [-0.1, -0.05) is 79.3 Å². The molecule has 0 saturated heterocycles. The van der Waals surface area contributed by atoms with Gasteiger partial charge >= 0.3 is 0 Å². The maximum Gasteiger partial charge on any atom is 0.255 e. The molecule has 5 aromatic rings. The lowest BCUT2D eigenvalue weighted by Crippen LogP contribution is -2.31. The van der Waals surface area contributed by atoms with Crippen molar-refractivity contribution in [2.75, 3.05) is 16.4 Å². The smallest absolute Gasteiger partial charge is 0.255 e. The van der Waals surface area contributed by atoms with Gasteiger partial charge in [-0.15, -0.1) is 5.10 Å². The van der Waals surface area contributed by atoms with Gasteiger partial charge in [0.05, 0.1) is 5.57 Å². The number of rotatable bonds is 7. The van der Waals surface area contributed by atoms with Crippen LogP contribution in [0.1, 0.15) is 36.6 Å². The van der Waals surface area contributed by atoms with Crippen LogP contribution in [0.4, 0.5) is 11.6 Å². The van der Waals surface area contributed by atoms with Gasteiger partial charge < -0.3 is 15.2 Å². The number of aryl methyl sites for hydroxylation is 1. The van der Waals surface area contributed by atoms with Crippen molar-refractivity contribution in [3.8, 4) is 0 Å². The van der Waals surface area contributed by atoms with E-state index in [-0.39, 0.29) is 5.91 Å². The van der Waals surface area contributed by atoms with E-state index in [4.69, 9.17) is 10.1 Å². The van der Waals surface area contributed by atoms with Crippen molar-refractivity contribution < 1.29 is 4.79 Å². The molecule has 1 unspecified atom stereocenters. The number of amides is 1. The zero-order valence-corrected chi connectivity index (χ0v) is 23.0. The molecule has 7 nitrogen and oxygen atoms in total. The number of allylic oxidation sites excluding steroid dienone is 1. The van der Waals surface area contributed by atoms with Gasteiger partial charge in [-0.05, 0) is 48.9 Å². The Labute approximate surface area is 232 Å². The van der Waals surface area contributed by atoms with Gasteiger partial charge in [-0.3, -0.25) is 4.79 Å². The Morgan fingerprint density at radius 1 is 1.03 bits per heavy atom. The summed E-state index contributed by atoms with van der Waals surface area (Å²) in [6, 6.07) is 26.2. The first kappa shape index (κ1) is 25.0. The highest BCUT2D eigenvalue weighted by atomic mass is 32.2. The summed E-state index contributed by atoms with van der Waals surface area (Å²) in [7, 11) is 0. The minimum atomic E-state index is -0.452. The molecule has 0 bridgehead atoms. The molecule has 6 rings (SSSR count). The second-order valence-electron chi connectivity index (χ2n) is 9.70. The van der Waals surface area contributed by atoms with Crippen molar-refractivity contribution in [3.05, 3.63) is 113 Å². The summed E-state index contributed by atoms with van der Waals surface area (Å²) in [6.45, 7) is 6.76. The zero-order valence-electron chi connectivity index (χ0n) is 22.2. The summed E-state index contributed by atoms with van der Waals surface area (Å²) in [5.41, 5.74) is 6.55. The molecule has 196 valence electrons. The minimum Gasteiger partial charge on any atom is -0.343 e. The van der Waals surface area contributed by atoms with Crippen LogP contribution in [0, 0.1) is 6.92 Å². The molecule has 0 aliphatic carbocycles. The lowest BCUT2D eigenvalue weighted by molar-refractivity contribution is -0.113. The van der Waals surface area contributed by atoms with Crippen LogP contribution < -0.4 is 10.6 Å². The van der Waals surface area contributed by atoms with E-state index in [1.54, 1.807) is 11.8 Å². The van der Waals surface area contributed by atoms with E-state index in [9.17, 15) is 4.79 Å². The van der Waals surface area contributed by atoms with Gasteiger partial charge in [0, 0.05) is 40.6 Å². The highest BCUT2D eigenvalue weighted by molar-refractivity contribution is 7.99. The van der Waals surface area contributed by atoms with Crippen LogP contribution in [0.5, 0.6) is 0 Å². The number of hydrogen-bond donors (Lipinski definition) is 2. The van der Waals surface area contributed by atoms with Crippen LogP contribution in [0.2, 0.25) is 0 Å². The van der Waals surface area contributed by atoms with E-state index in [0.29, 0.717) is 16.7 Å². The summed E-state index contributed by atoms with van der Waals surface area (Å²) in [5, 5.41) is 13.1. The molecule has 8 heteroatoms. The third-order valence-electron chi connectivity index (χ3n) is 6.94. The molecule has 0 fully saturated rings. The first-order chi connectivity index (χ1) is 19.0. The van der Waals surface area contributed by atoms with Crippen molar-refractivity contribution in [3.63, 3.8) is 0 Å². The molecule has 1 aliphatic rings. The van der Waals surface area contributed by atoms with Crippen LogP contribution in [-0.4, -0.2) is 31.0 Å². The fourth-order valence-corrected chi connectivity index (χ4v) is 5.78. The highest BCUT2D eigenvalue weighted by Gasteiger charge is 2.36. The standard InChI is InChI=1S/C31H30N6OS/c1-4-39-31-34-30-32-21(3)27(29(38)33-23-14-10-11-20(2)17-23)28(37(30)35-31)25-19-36(18-22-12-6-5-7-13-22)26-16-9-8-15-24(25)26/h5-17,19,28H,4,18H2,1-3H3,(H,33,38)(H,32,34,35). The Morgan fingerprint density at radius 2 is 1.82 bits per heavy atom. The molecule has 1 atom stereocenters. The second kappa shape index (κ2) is 10.5. The molecule has 3 aromatic carbocycles. The highest BCUT2D eigenvalue weighted by Crippen LogP contribution is 2.40. The van der Waals surface area contributed by atoms with Crippen LogP contribution in [0.25, 0.3) is 10.9 Å². The molecule has 2 N–H and O–H groups in total. The number of carbonyl (C=O) groups is 1. The van der Waals surface area contributed by atoms with Crippen LogP contribution >= 0.6 is 11.8 Å². The van der Waals surface area contributed by atoms with Gasteiger partial charge in [0.2, 0.25) is 11.1 Å². The van der Waals surface area contributed by atoms with E-state index in [2.05, 4.69) is 70.8 Å². The molecular weight excluding hydrogens is 504 g/mol. The van der Waals surface area contributed by atoms with E-state index < -0.39 is 6.04 Å². The predicted molar refractivity (Wildman–Crippen MR) is 158 cm³/mol. The SMILES string of the molecule is CCSc1nc2n(n1)C(c1cn(Cc3ccccc3)c3ccccc13)C(C(=O)Nc1cccc(C)c1)=C(C)N2. The molecule has 0 saturated carbocycles. The number of para-hydroxylation sites is 1. The fourth-order valence-electron chi connectivity index (χ4n) is 5.23. The van der Waals surface area contributed by atoms with E-state index in [0.717, 1.165) is 45.7 Å². The van der Waals surface area contributed by atoms with Gasteiger partial charge in [-0.2, -0.15) is 4.98 Å². The normalized spacial score (nSPS) is 14.8. The van der Waals surface area contributed by atoms with E-state index >= 15 is 0 Å². The largest absolute Gasteiger partial charge is 0.343 e. The van der Waals surface area contributed by atoms with Crippen molar-refractivity contribution in [2.24, 2.45) is 0 Å². The van der Waals surface area contributed by atoms with Crippen LogP contribution in [-0.2, 0) is 11.3 Å². The third-order valence-corrected chi connectivity index (χ3v) is 7.66. The summed E-state index contributed by atoms with van der Waals surface area (Å²) < 4.78 is 4.12. The fraction of sp³-hybridized carbons (Fsp3) is 0.194. The number of fused-ring (bicyclic) bond motifs is 2. The average molecular weight is 535 g/mol. The first-order valence-electron chi connectivity index (χ1n) is 13.1.